The average molecular weight is 332 g/mol. The maximum atomic E-state index is 5.33. The number of hydrogen-bond donors (Lipinski definition) is 2. The number of nitrogens with zero attached hydrogens (tertiary/aromatic N) is 2. The third kappa shape index (κ3) is 5.90. The Morgan fingerprint density at radius 2 is 2.35 bits per heavy atom. The monoisotopic (exact) mass is 332 g/mol. The van der Waals surface area contributed by atoms with Gasteiger partial charge < -0.3 is 15.1 Å². The van der Waals surface area contributed by atoms with Crippen molar-refractivity contribution in [2.45, 2.75) is 32.7 Å². The van der Waals surface area contributed by atoms with E-state index in [2.05, 4.69) is 46.4 Å². The predicted octanol–water partition coefficient (Wildman–Crippen LogP) is 3.32. The van der Waals surface area contributed by atoms with Crippen LogP contribution in [0.25, 0.3) is 0 Å². The molecular weight excluding hydrogens is 308 g/mol. The number of aromatic nitrogens is 1. The van der Waals surface area contributed by atoms with Crippen LogP contribution >= 0.6 is 11.3 Å². The summed E-state index contributed by atoms with van der Waals surface area (Å²) in [7, 11) is 0. The molecule has 0 fully saturated rings. The lowest BCUT2D eigenvalue weighted by Crippen LogP contribution is -2.38. The minimum absolute atomic E-state index is 0.453. The first kappa shape index (κ1) is 17.3. The molecule has 0 saturated heterocycles. The highest BCUT2D eigenvalue weighted by Crippen LogP contribution is 2.18. The highest BCUT2D eigenvalue weighted by atomic mass is 32.1. The Morgan fingerprint density at radius 3 is 3.00 bits per heavy atom. The van der Waals surface area contributed by atoms with Gasteiger partial charge in [0.1, 0.15) is 10.8 Å². The van der Waals surface area contributed by atoms with Crippen molar-refractivity contribution >= 4 is 17.3 Å². The number of thiazole rings is 1. The van der Waals surface area contributed by atoms with Crippen molar-refractivity contribution in [3.63, 3.8) is 0 Å². The first-order chi connectivity index (χ1) is 11.2. The summed E-state index contributed by atoms with van der Waals surface area (Å²) in [6, 6.07) is 3.87. The van der Waals surface area contributed by atoms with E-state index in [-0.39, 0.29) is 0 Å². The largest absolute Gasteiger partial charge is 0.469 e. The highest BCUT2D eigenvalue weighted by Gasteiger charge is 2.06. The van der Waals surface area contributed by atoms with Crippen LogP contribution in [0, 0.1) is 0 Å². The van der Waals surface area contributed by atoms with E-state index < -0.39 is 0 Å². The zero-order chi connectivity index (χ0) is 16.5. The van der Waals surface area contributed by atoms with E-state index >= 15 is 0 Å². The van der Waals surface area contributed by atoms with Gasteiger partial charge in [0, 0.05) is 24.9 Å². The standard InChI is InChI=1S/C17H24N4OS/c1-4-8-18-17(19-9-7-14-6-5-10-22-14)20-11-16-21-15(12-23-16)13(2)3/h4-6,10,12-13H,1,7-9,11H2,2-3H3,(H2,18,19,20). The van der Waals surface area contributed by atoms with Gasteiger partial charge in [0.25, 0.3) is 0 Å². The maximum absolute atomic E-state index is 5.33. The van der Waals surface area contributed by atoms with Crippen LogP contribution in [0.4, 0.5) is 0 Å². The summed E-state index contributed by atoms with van der Waals surface area (Å²) >= 11 is 1.66. The van der Waals surface area contributed by atoms with E-state index in [0.717, 1.165) is 35.4 Å². The molecule has 2 aromatic rings. The van der Waals surface area contributed by atoms with Crippen molar-refractivity contribution in [1.82, 2.24) is 15.6 Å². The smallest absolute Gasteiger partial charge is 0.191 e. The first-order valence-corrected chi connectivity index (χ1v) is 8.66. The molecule has 0 amide bonds. The van der Waals surface area contributed by atoms with E-state index in [1.54, 1.807) is 17.6 Å². The maximum Gasteiger partial charge on any atom is 0.191 e. The molecule has 0 aromatic carbocycles. The van der Waals surface area contributed by atoms with Crippen molar-refractivity contribution < 1.29 is 4.42 Å². The second-order valence-corrected chi connectivity index (χ2v) is 6.35. The quantitative estimate of drug-likeness (QED) is 0.442. The lowest BCUT2D eigenvalue weighted by Gasteiger charge is -2.10. The van der Waals surface area contributed by atoms with Crippen molar-refractivity contribution in [2.75, 3.05) is 13.1 Å². The summed E-state index contributed by atoms with van der Waals surface area (Å²) in [5.74, 6) is 2.17. The fraction of sp³-hybridized carbons (Fsp3) is 0.412. The summed E-state index contributed by atoms with van der Waals surface area (Å²) < 4.78 is 5.33. The van der Waals surface area contributed by atoms with E-state index in [4.69, 9.17) is 4.42 Å². The van der Waals surface area contributed by atoms with E-state index in [1.165, 1.54) is 0 Å². The van der Waals surface area contributed by atoms with Gasteiger partial charge in [-0.3, -0.25) is 0 Å². The van der Waals surface area contributed by atoms with Crippen molar-refractivity contribution in [3.05, 3.63) is 52.9 Å². The molecule has 2 rings (SSSR count). The Bertz CT molecular complexity index is 616. The summed E-state index contributed by atoms with van der Waals surface area (Å²) in [5.41, 5.74) is 1.13. The van der Waals surface area contributed by atoms with Crippen LogP contribution < -0.4 is 10.6 Å². The van der Waals surface area contributed by atoms with E-state index in [1.807, 2.05) is 18.2 Å². The van der Waals surface area contributed by atoms with Gasteiger partial charge in [0.05, 0.1) is 18.5 Å². The van der Waals surface area contributed by atoms with Gasteiger partial charge >= 0.3 is 0 Å². The molecule has 2 aromatic heterocycles. The van der Waals surface area contributed by atoms with Crippen LogP contribution in [0.3, 0.4) is 0 Å². The van der Waals surface area contributed by atoms with Crippen LogP contribution in [-0.4, -0.2) is 24.0 Å². The molecular formula is C17H24N4OS. The molecule has 0 aliphatic rings. The zero-order valence-corrected chi connectivity index (χ0v) is 14.5. The second-order valence-electron chi connectivity index (χ2n) is 5.41. The van der Waals surface area contributed by atoms with Crippen LogP contribution in [0.15, 0.2) is 45.8 Å². The predicted molar refractivity (Wildman–Crippen MR) is 96.0 cm³/mol. The van der Waals surface area contributed by atoms with Crippen molar-refractivity contribution in [1.29, 1.82) is 0 Å². The third-order valence-electron chi connectivity index (χ3n) is 3.19. The van der Waals surface area contributed by atoms with Crippen LogP contribution in [0.2, 0.25) is 0 Å². The molecule has 6 heteroatoms. The fourth-order valence-corrected chi connectivity index (χ4v) is 2.79. The van der Waals surface area contributed by atoms with Crippen LogP contribution in [-0.2, 0) is 13.0 Å². The molecule has 124 valence electrons. The van der Waals surface area contributed by atoms with Gasteiger partial charge in [0.2, 0.25) is 0 Å². The van der Waals surface area contributed by atoms with Crippen molar-refractivity contribution in [2.24, 2.45) is 4.99 Å². The third-order valence-corrected chi connectivity index (χ3v) is 4.04. The van der Waals surface area contributed by atoms with Crippen LogP contribution in [0.5, 0.6) is 0 Å². The van der Waals surface area contributed by atoms with Crippen molar-refractivity contribution in [3.8, 4) is 0 Å². The summed E-state index contributed by atoms with van der Waals surface area (Å²) in [4.78, 5) is 9.19. The minimum atomic E-state index is 0.453. The molecule has 0 aliphatic heterocycles. The van der Waals surface area contributed by atoms with E-state index in [0.29, 0.717) is 19.0 Å². The molecule has 0 saturated carbocycles. The Kier molecular flexibility index (Phi) is 6.87. The first-order valence-electron chi connectivity index (χ1n) is 7.78. The Hall–Kier alpha value is -2.08. The molecule has 2 N–H and O–H groups in total. The van der Waals surface area contributed by atoms with E-state index in [9.17, 15) is 0 Å². The molecule has 0 atom stereocenters. The molecule has 0 unspecified atom stereocenters. The number of guanidine groups is 1. The number of rotatable bonds is 8. The molecule has 0 radical (unpaired) electrons. The molecule has 2 heterocycles. The van der Waals surface area contributed by atoms with Gasteiger partial charge in [-0.25, -0.2) is 9.98 Å². The van der Waals surface area contributed by atoms with Crippen LogP contribution in [0.1, 0.15) is 36.2 Å². The Balaban J connectivity index is 1.88. The lowest BCUT2D eigenvalue weighted by atomic mass is 10.2. The molecule has 0 spiro atoms. The van der Waals surface area contributed by atoms with Gasteiger partial charge in [-0.1, -0.05) is 19.9 Å². The SMILES string of the molecule is C=CCNC(=NCc1nc(C(C)C)cs1)NCCc1ccco1. The summed E-state index contributed by atoms with van der Waals surface area (Å²) in [5, 5.41) is 9.65. The molecule has 0 bridgehead atoms. The number of aliphatic imine (C=N–C) groups is 1. The second kappa shape index (κ2) is 9.15. The number of hydrogen-bond acceptors (Lipinski definition) is 4. The minimum Gasteiger partial charge on any atom is -0.469 e. The zero-order valence-electron chi connectivity index (χ0n) is 13.7. The molecule has 0 aliphatic carbocycles. The summed E-state index contributed by atoms with van der Waals surface area (Å²) in [6.45, 7) is 10.0. The fourth-order valence-electron chi connectivity index (χ4n) is 1.91. The van der Waals surface area contributed by atoms with Gasteiger partial charge in [0.15, 0.2) is 5.96 Å². The number of nitrogens with one attached hydrogen (secondary N) is 2. The van der Waals surface area contributed by atoms with Gasteiger partial charge in [-0.2, -0.15) is 0 Å². The normalized spacial score (nSPS) is 11.7. The van der Waals surface area contributed by atoms with Gasteiger partial charge in [-0.05, 0) is 18.1 Å². The number of furan rings is 1. The Morgan fingerprint density at radius 1 is 1.48 bits per heavy atom. The average Bonchev–Trinajstić information content (AvgIpc) is 3.20. The molecule has 5 nitrogen and oxygen atoms in total. The lowest BCUT2D eigenvalue weighted by molar-refractivity contribution is 0.507. The Labute approximate surface area is 141 Å². The highest BCUT2D eigenvalue weighted by molar-refractivity contribution is 7.09. The van der Waals surface area contributed by atoms with Gasteiger partial charge in [-0.15, -0.1) is 17.9 Å². The topological polar surface area (TPSA) is 62.5 Å². The molecule has 23 heavy (non-hydrogen) atoms. The summed E-state index contributed by atoms with van der Waals surface area (Å²) in [6.07, 6.45) is 4.32.